The average molecular weight is 530 g/mol. The van der Waals surface area contributed by atoms with Crippen molar-refractivity contribution in [3.8, 4) is 0 Å². The largest absolute Gasteiger partial charge is 0.465 e. The molecule has 12 heteroatoms. The van der Waals surface area contributed by atoms with Gasteiger partial charge in [0.05, 0.1) is 44.0 Å². The van der Waals surface area contributed by atoms with Gasteiger partial charge in [-0.3, -0.25) is 14.9 Å². The zero-order valence-electron chi connectivity index (χ0n) is 21.0. The molecule has 12 nitrogen and oxygen atoms in total. The number of rotatable bonds is 14. The quantitative estimate of drug-likeness (QED) is 0.144. The van der Waals surface area contributed by atoms with Gasteiger partial charge in [-0.05, 0) is 35.9 Å². The smallest absolute Gasteiger partial charge is 0.337 e. The van der Waals surface area contributed by atoms with Crippen molar-refractivity contribution in [3.05, 3.63) is 81.6 Å². The number of nitrogens with one attached hydrogen (secondary N) is 2. The van der Waals surface area contributed by atoms with Crippen LogP contribution < -0.4 is 10.6 Å². The van der Waals surface area contributed by atoms with Gasteiger partial charge in [0, 0.05) is 43.2 Å². The molecule has 0 spiro atoms. The number of ether oxygens (including phenoxy) is 4. The fraction of sp³-hybridized carbons (Fsp3) is 0.385. The minimum absolute atomic E-state index is 0.00328. The molecule has 0 unspecified atom stereocenters. The van der Waals surface area contributed by atoms with E-state index in [0.29, 0.717) is 24.2 Å². The topological polar surface area (TPSA) is 158 Å². The first-order valence-corrected chi connectivity index (χ1v) is 12.0. The summed E-state index contributed by atoms with van der Waals surface area (Å²) in [5, 5.41) is 25.5. The van der Waals surface area contributed by atoms with E-state index in [1.807, 2.05) is 0 Å². The highest BCUT2D eigenvalue weighted by Crippen LogP contribution is 2.31. The Bertz CT molecular complexity index is 1100. The van der Waals surface area contributed by atoms with Gasteiger partial charge in [0.25, 0.3) is 11.6 Å². The molecule has 2 aromatic carbocycles. The lowest BCUT2D eigenvalue weighted by Crippen LogP contribution is -2.35. The summed E-state index contributed by atoms with van der Waals surface area (Å²) in [4.78, 5) is 34.9. The minimum Gasteiger partial charge on any atom is -0.465 e. The SMILES string of the molecule is COC(=O)c1ccc([C@@H]2C=C(C(=O)NCCNc3ccc([N+](=O)[O-])cc3)O[C@H](OCCOCCO)C2)cc1. The Morgan fingerprint density at radius 1 is 1.08 bits per heavy atom. The molecule has 3 N–H and O–H groups in total. The molecule has 2 aromatic rings. The summed E-state index contributed by atoms with van der Waals surface area (Å²) >= 11 is 0. The van der Waals surface area contributed by atoms with Gasteiger partial charge < -0.3 is 34.7 Å². The molecular weight excluding hydrogens is 498 g/mol. The average Bonchev–Trinajstić information content (AvgIpc) is 2.94. The first-order valence-electron chi connectivity index (χ1n) is 12.0. The number of aliphatic hydroxyl groups excluding tert-OH is 1. The number of anilines is 1. The maximum absolute atomic E-state index is 12.9. The van der Waals surface area contributed by atoms with Crippen LogP contribution in [0.2, 0.25) is 0 Å². The van der Waals surface area contributed by atoms with Crippen LogP contribution in [0.5, 0.6) is 0 Å². The third-order valence-corrected chi connectivity index (χ3v) is 5.63. The van der Waals surface area contributed by atoms with Crippen LogP contribution in [0.15, 0.2) is 60.4 Å². The van der Waals surface area contributed by atoms with Gasteiger partial charge in [-0.25, -0.2) is 4.79 Å². The molecule has 2 atom stereocenters. The van der Waals surface area contributed by atoms with E-state index in [9.17, 15) is 19.7 Å². The number of allylic oxidation sites excluding steroid dienone is 1. The summed E-state index contributed by atoms with van der Waals surface area (Å²) in [6.07, 6.45) is 1.45. The summed E-state index contributed by atoms with van der Waals surface area (Å²) in [5.41, 5.74) is 1.97. The monoisotopic (exact) mass is 529 g/mol. The zero-order chi connectivity index (χ0) is 27.3. The standard InChI is InChI=1S/C26H31N3O9/c1-35-26(32)19-4-2-18(3-5-19)20-16-23(38-24(17-20)37-15-14-36-13-12-30)25(31)28-11-10-27-21-6-8-22(9-7-21)29(33)34/h2-9,16,20,24,27,30H,10-15,17H2,1H3,(H,28,31)/t20-,24+/m1/s1. The Morgan fingerprint density at radius 2 is 1.82 bits per heavy atom. The molecule has 0 aliphatic carbocycles. The molecule has 38 heavy (non-hydrogen) atoms. The zero-order valence-corrected chi connectivity index (χ0v) is 21.0. The highest BCUT2D eigenvalue weighted by Gasteiger charge is 2.29. The van der Waals surface area contributed by atoms with Crippen molar-refractivity contribution in [2.75, 3.05) is 51.9 Å². The van der Waals surface area contributed by atoms with Crippen LogP contribution >= 0.6 is 0 Å². The van der Waals surface area contributed by atoms with E-state index in [1.165, 1.54) is 19.2 Å². The molecule has 3 rings (SSSR count). The van der Waals surface area contributed by atoms with E-state index in [1.54, 1.807) is 42.5 Å². The Morgan fingerprint density at radius 3 is 2.47 bits per heavy atom. The first kappa shape index (κ1) is 28.6. The molecule has 0 radical (unpaired) electrons. The van der Waals surface area contributed by atoms with E-state index < -0.39 is 23.1 Å². The lowest BCUT2D eigenvalue weighted by Gasteiger charge is -2.29. The Hall–Kier alpha value is -4.00. The van der Waals surface area contributed by atoms with E-state index in [-0.39, 0.29) is 50.3 Å². The van der Waals surface area contributed by atoms with Crippen molar-refractivity contribution in [2.24, 2.45) is 0 Å². The number of nitro groups is 1. The van der Waals surface area contributed by atoms with Gasteiger partial charge in [-0.1, -0.05) is 12.1 Å². The summed E-state index contributed by atoms with van der Waals surface area (Å²) < 4.78 is 21.5. The number of methoxy groups -OCH3 is 1. The summed E-state index contributed by atoms with van der Waals surface area (Å²) in [5.74, 6) is -0.963. The number of amides is 1. The summed E-state index contributed by atoms with van der Waals surface area (Å²) in [7, 11) is 1.32. The second-order valence-corrected chi connectivity index (χ2v) is 8.23. The number of carbonyl (C=O) groups is 2. The number of non-ortho nitro benzene ring substituents is 1. The van der Waals surface area contributed by atoms with Gasteiger partial charge >= 0.3 is 5.97 Å². The summed E-state index contributed by atoms with van der Waals surface area (Å²) in [6, 6.07) is 12.9. The fourth-order valence-electron chi connectivity index (χ4n) is 3.71. The van der Waals surface area contributed by atoms with Crippen LogP contribution in [0.25, 0.3) is 0 Å². The van der Waals surface area contributed by atoms with Crippen LogP contribution in [0.1, 0.15) is 28.3 Å². The normalized spacial score (nSPS) is 16.6. The van der Waals surface area contributed by atoms with Gasteiger partial charge in [-0.2, -0.15) is 0 Å². The van der Waals surface area contributed by atoms with Crippen molar-refractivity contribution in [1.29, 1.82) is 0 Å². The van der Waals surface area contributed by atoms with Crippen LogP contribution in [-0.2, 0) is 23.7 Å². The highest BCUT2D eigenvalue weighted by atomic mass is 16.7. The maximum Gasteiger partial charge on any atom is 0.337 e. The van der Waals surface area contributed by atoms with E-state index >= 15 is 0 Å². The highest BCUT2D eigenvalue weighted by molar-refractivity contribution is 5.92. The Balaban J connectivity index is 1.60. The molecule has 1 amide bonds. The number of nitro benzene ring substituents is 1. The number of hydrogen-bond donors (Lipinski definition) is 3. The summed E-state index contributed by atoms with van der Waals surface area (Å²) in [6.45, 7) is 1.25. The molecule has 0 fully saturated rings. The Kier molecular flexibility index (Phi) is 11.0. The molecule has 0 saturated heterocycles. The maximum atomic E-state index is 12.9. The number of nitrogens with zero attached hydrogens (tertiary/aromatic N) is 1. The third-order valence-electron chi connectivity index (χ3n) is 5.63. The van der Waals surface area contributed by atoms with E-state index in [0.717, 1.165) is 5.56 Å². The number of aliphatic hydroxyl groups is 1. The third kappa shape index (κ3) is 8.54. The molecule has 0 saturated carbocycles. The van der Waals surface area contributed by atoms with Crippen molar-refractivity contribution in [1.82, 2.24) is 5.32 Å². The van der Waals surface area contributed by atoms with E-state index in [4.69, 9.17) is 24.1 Å². The lowest BCUT2D eigenvalue weighted by molar-refractivity contribution is -0.384. The van der Waals surface area contributed by atoms with Crippen molar-refractivity contribution in [3.63, 3.8) is 0 Å². The molecular formula is C26H31N3O9. The number of carbonyl (C=O) groups excluding carboxylic acids is 2. The molecule has 1 aliphatic rings. The minimum atomic E-state index is -0.706. The van der Waals surface area contributed by atoms with Gasteiger partial charge in [-0.15, -0.1) is 0 Å². The number of benzene rings is 2. The van der Waals surface area contributed by atoms with Crippen molar-refractivity contribution >= 4 is 23.3 Å². The fourth-order valence-corrected chi connectivity index (χ4v) is 3.71. The molecule has 1 aliphatic heterocycles. The molecule has 0 aromatic heterocycles. The van der Waals surface area contributed by atoms with Gasteiger partial charge in [0.2, 0.25) is 6.29 Å². The Labute approximate surface area is 219 Å². The predicted octanol–water partition coefficient (Wildman–Crippen LogP) is 2.35. The molecule has 0 bridgehead atoms. The second kappa shape index (κ2) is 14.7. The van der Waals surface area contributed by atoms with Crippen molar-refractivity contribution in [2.45, 2.75) is 18.6 Å². The second-order valence-electron chi connectivity index (χ2n) is 8.23. The molecule has 1 heterocycles. The first-order chi connectivity index (χ1) is 18.4. The predicted molar refractivity (Wildman–Crippen MR) is 137 cm³/mol. The van der Waals surface area contributed by atoms with Gasteiger partial charge in [0.1, 0.15) is 0 Å². The number of esters is 1. The van der Waals surface area contributed by atoms with Crippen LogP contribution in [-0.4, -0.2) is 74.8 Å². The molecule has 204 valence electrons. The van der Waals surface area contributed by atoms with Crippen LogP contribution in [0, 0.1) is 10.1 Å². The van der Waals surface area contributed by atoms with Crippen molar-refractivity contribution < 1.29 is 38.6 Å². The lowest BCUT2D eigenvalue weighted by atomic mass is 9.92. The van der Waals surface area contributed by atoms with E-state index in [2.05, 4.69) is 10.6 Å². The van der Waals surface area contributed by atoms with Gasteiger partial charge in [0.15, 0.2) is 5.76 Å². The number of hydrogen-bond acceptors (Lipinski definition) is 10. The van der Waals surface area contributed by atoms with Crippen LogP contribution in [0.4, 0.5) is 11.4 Å². The van der Waals surface area contributed by atoms with Crippen LogP contribution in [0.3, 0.4) is 0 Å².